The van der Waals surface area contributed by atoms with Crippen LogP contribution in [0.1, 0.15) is 11.3 Å². The molecular weight excluding hydrogens is 469 g/mol. The van der Waals surface area contributed by atoms with Crippen molar-refractivity contribution in [1.82, 2.24) is 4.98 Å². The molecule has 0 unspecified atom stereocenters. The second kappa shape index (κ2) is 7.39. The van der Waals surface area contributed by atoms with Crippen molar-refractivity contribution in [2.45, 2.75) is 11.8 Å². The largest absolute Gasteiger partial charge is 0.260 e. The molecule has 0 atom stereocenters. The predicted molar refractivity (Wildman–Crippen MR) is 96.4 cm³/mol. The summed E-state index contributed by atoms with van der Waals surface area (Å²) in [7, 11) is 0. The van der Waals surface area contributed by atoms with Crippen LogP contribution in [0.3, 0.4) is 0 Å². The average molecular weight is 482 g/mol. The molecule has 0 aliphatic rings. The van der Waals surface area contributed by atoms with Gasteiger partial charge in [-0.25, -0.2) is 0 Å². The Morgan fingerprint density at radius 1 is 1.00 bits per heavy atom. The Bertz CT molecular complexity index is 550. The van der Waals surface area contributed by atoms with Gasteiger partial charge in [-0.3, -0.25) is 4.98 Å². The summed E-state index contributed by atoms with van der Waals surface area (Å²) in [5.41, 5.74) is 2.29. The number of nitrogens with zero attached hydrogens (tertiary/aromatic N) is 1. The molecule has 1 aromatic carbocycles. The van der Waals surface area contributed by atoms with Crippen molar-refractivity contribution < 1.29 is 0 Å². The zero-order valence-electron chi connectivity index (χ0n) is 10.6. The van der Waals surface area contributed by atoms with E-state index < -0.39 is 0 Å². The molecule has 0 saturated carbocycles. The lowest BCUT2D eigenvalue weighted by Gasteiger charge is -2.30. The average Bonchev–Trinajstić information content (AvgIpc) is 2.48. The maximum Gasteiger partial charge on any atom is 0.0413 e. The van der Waals surface area contributed by atoms with E-state index in [1.807, 2.05) is 24.4 Å². The normalized spacial score (nSPS) is 11.6. The van der Waals surface area contributed by atoms with Crippen molar-refractivity contribution in [2.24, 2.45) is 0 Å². The predicted octanol–water partition coefficient (Wildman–Crippen LogP) is 5.77. The maximum atomic E-state index is 5.98. The molecule has 0 saturated heterocycles. The molecule has 0 bridgehead atoms. The summed E-state index contributed by atoms with van der Waals surface area (Å²) in [6.45, 7) is 0. The lowest BCUT2D eigenvalue weighted by atomic mass is 9.80. The highest BCUT2D eigenvalue weighted by atomic mass is 79.9. The molecule has 0 spiro atoms. The number of aromatic nitrogens is 1. The first-order chi connectivity index (χ1) is 9.59. The highest BCUT2D eigenvalue weighted by molar-refractivity contribution is 9.10. The van der Waals surface area contributed by atoms with E-state index in [4.69, 9.17) is 11.6 Å². The number of rotatable bonds is 5. The van der Waals surface area contributed by atoms with Crippen LogP contribution in [-0.4, -0.2) is 15.6 Å². The number of pyridine rings is 1. The van der Waals surface area contributed by atoms with Crippen molar-refractivity contribution in [2.75, 3.05) is 10.7 Å². The van der Waals surface area contributed by atoms with Gasteiger partial charge in [0.25, 0.3) is 0 Å². The molecule has 1 aromatic heterocycles. The Morgan fingerprint density at radius 2 is 1.65 bits per heavy atom. The summed E-state index contributed by atoms with van der Waals surface area (Å²) < 4.78 is 0.996. The highest BCUT2D eigenvalue weighted by Crippen LogP contribution is 2.33. The standard InChI is InChI=1S/C15H13Br3ClN/c16-9-15(10-17,11-1-4-13(19)5-2-11)7-14-6-3-12(18)8-20-14/h1-6,8H,7,9-10H2. The number of benzene rings is 1. The Balaban J connectivity index is 2.33. The van der Waals surface area contributed by atoms with Crippen molar-refractivity contribution >= 4 is 59.4 Å². The van der Waals surface area contributed by atoms with E-state index in [0.29, 0.717) is 0 Å². The zero-order chi connectivity index (χ0) is 14.6. The first-order valence-corrected chi connectivity index (χ1v) is 9.49. The van der Waals surface area contributed by atoms with Crippen LogP contribution in [0.25, 0.3) is 0 Å². The second-order valence-corrected chi connectivity index (χ2v) is 7.17. The molecule has 0 N–H and O–H groups in total. The zero-order valence-corrected chi connectivity index (χ0v) is 16.1. The Labute approximate surface area is 149 Å². The van der Waals surface area contributed by atoms with Gasteiger partial charge >= 0.3 is 0 Å². The number of halogens is 4. The van der Waals surface area contributed by atoms with E-state index in [0.717, 1.165) is 32.3 Å². The van der Waals surface area contributed by atoms with Crippen LogP contribution < -0.4 is 0 Å². The van der Waals surface area contributed by atoms with E-state index in [1.54, 1.807) is 0 Å². The fourth-order valence-corrected chi connectivity index (χ4v) is 4.38. The topological polar surface area (TPSA) is 12.9 Å². The van der Waals surface area contributed by atoms with Gasteiger partial charge in [-0.1, -0.05) is 55.6 Å². The summed E-state index contributed by atoms with van der Waals surface area (Å²) in [6.07, 6.45) is 2.70. The van der Waals surface area contributed by atoms with E-state index in [-0.39, 0.29) is 5.41 Å². The summed E-state index contributed by atoms with van der Waals surface area (Å²) in [5, 5.41) is 2.46. The molecule has 0 fully saturated rings. The first-order valence-electron chi connectivity index (χ1n) is 6.08. The van der Waals surface area contributed by atoms with Gasteiger partial charge in [0.05, 0.1) is 0 Å². The van der Waals surface area contributed by atoms with Crippen LogP contribution in [0.5, 0.6) is 0 Å². The maximum absolute atomic E-state index is 5.98. The van der Waals surface area contributed by atoms with E-state index in [2.05, 4.69) is 71.0 Å². The van der Waals surface area contributed by atoms with Crippen LogP contribution in [0, 0.1) is 0 Å². The highest BCUT2D eigenvalue weighted by Gasteiger charge is 2.31. The summed E-state index contributed by atoms with van der Waals surface area (Å²) >= 11 is 16.7. The SMILES string of the molecule is Clc1ccc(C(CBr)(CBr)Cc2ccc(Br)cn2)cc1. The van der Waals surface area contributed by atoms with Crippen LogP contribution in [0.2, 0.25) is 5.02 Å². The van der Waals surface area contributed by atoms with Gasteiger partial charge in [0.15, 0.2) is 0 Å². The van der Waals surface area contributed by atoms with Crippen molar-refractivity contribution in [3.63, 3.8) is 0 Å². The van der Waals surface area contributed by atoms with Crippen molar-refractivity contribution in [1.29, 1.82) is 0 Å². The van der Waals surface area contributed by atoms with E-state index in [1.165, 1.54) is 5.56 Å². The molecule has 2 aromatic rings. The van der Waals surface area contributed by atoms with Crippen LogP contribution >= 0.6 is 59.4 Å². The third-order valence-corrected chi connectivity index (χ3v) is 6.14. The number of hydrogen-bond acceptors (Lipinski definition) is 1. The fourth-order valence-electron chi connectivity index (χ4n) is 2.05. The minimum Gasteiger partial charge on any atom is -0.260 e. The quantitative estimate of drug-likeness (QED) is 0.494. The Kier molecular flexibility index (Phi) is 6.09. The molecule has 5 heteroatoms. The van der Waals surface area contributed by atoms with Gasteiger partial charge in [-0.2, -0.15) is 0 Å². The van der Waals surface area contributed by atoms with Gasteiger partial charge in [0.2, 0.25) is 0 Å². The Hall–Kier alpha value is 0.1000. The number of hydrogen-bond donors (Lipinski definition) is 0. The minimum absolute atomic E-state index is 0.0363. The molecule has 0 aliphatic carbocycles. The molecular formula is C15H13Br3ClN. The smallest absolute Gasteiger partial charge is 0.0413 e. The van der Waals surface area contributed by atoms with Gasteiger partial charge in [-0.05, 0) is 45.8 Å². The molecule has 0 radical (unpaired) electrons. The monoisotopic (exact) mass is 479 g/mol. The van der Waals surface area contributed by atoms with Crippen LogP contribution in [-0.2, 0) is 11.8 Å². The summed E-state index contributed by atoms with van der Waals surface area (Å²) in [6, 6.07) is 12.1. The third kappa shape index (κ3) is 3.85. The minimum atomic E-state index is -0.0363. The van der Waals surface area contributed by atoms with E-state index in [9.17, 15) is 0 Å². The second-order valence-electron chi connectivity index (χ2n) is 4.70. The first kappa shape index (κ1) is 16.5. The molecule has 1 nitrogen and oxygen atoms in total. The van der Waals surface area contributed by atoms with Crippen molar-refractivity contribution in [3.8, 4) is 0 Å². The molecule has 2 rings (SSSR count). The van der Waals surface area contributed by atoms with Gasteiger partial charge in [0.1, 0.15) is 0 Å². The van der Waals surface area contributed by atoms with Crippen LogP contribution in [0.15, 0.2) is 47.1 Å². The molecule has 1 heterocycles. The Morgan fingerprint density at radius 3 is 2.15 bits per heavy atom. The molecule has 0 amide bonds. The summed E-state index contributed by atoms with van der Waals surface area (Å²) in [4.78, 5) is 4.49. The number of alkyl halides is 2. The molecule has 106 valence electrons. The van der Waals surface area contributed by atoms with Gasteiger partial charge in [0, 0.05) is 43.9 Å². The van der Waals surface area contributed by atoms with Gasteiger partial charge in [-0.15, -0.1) is 0 Å². The lowest BCUT2D eigenvalue weighted by molar-refractivity contribution is 0.543. The summed E-state index contributed by atoms with van der Waals surface area (Å²) in [5.74, 6) is 0. The van der Waals surface area contributed by atoms with E-state index >= 15 is 0 Å². The third-order valence-electron chi connectivity index (χ3n) is 3.28. The van der Waals surface area contributed by atoms with Crippen molar-refractivity contribution in [3.05, 3.63) is 63.3 Å². The van der Waals surface area contributed by atoms with Gasteiger partial charge < -0.3 is 0 Å². The lowest BCUT2D eigenvalue weighted by Crippen LogP contribution is -2.33. The fraction of sp³-hybridized carbons (Fsp3) is 0.267. The molecule has 0 aliphatic heterocycles. The van der Waals surface area contributed by atoms with Crippen LogP contribution in [0.4, 0.5) is 0 Å². The molecule has 20 heavy (non-hydrogen) atoms.